The third-order valence-corrected chi connectivity index (χ3v) is 7.11. The minimum absolute atomic E-state index is 0.134. The lowest BCUT2D eigenvalue weighted by Crippen LogP contribution is -2.07. The second-order valence-corrected chi connectivity index (χ2v) is 8.53. The molecule has 0 amide bonds. The van der Waals surface area contributed by atoms with Gasteiger partial charge in [-0.05, 0) is 53.8 Å². The van der Waals surface area contributed by atoms with Crippen molar-refractivity contribution in [1.82, 2.24) is 0 Å². The SMILES string of the molecule is COc1ccc(OC)c(COC(=O)c2ccc(C3SCCCS3)cc2)c1. The van der Waals surface area contributed by atoms with E-state index in [-0.39, 0.29) is 12.6 Å². The van der Waals surface area contributed by atoms with Crippen molar-refractivity contribution >= 4 is 29.5 Å². The van der Waals surface area contributed by atoms with Crippen LogP contribution < -0.4 is 9.47 Å². The Labute approximate surface area is 162 Å². The highest BCUT2D eigenvalue weighted by Crippen LogP contribution is 2.43. The van der Waals surface area contributed by atoms with Crippen molar-refractivity contribution in [3.05, 3.63) is 59.2 Å². The van der Waals surface area contributed by atoms with Gasteiger partial charge in [0.15, 0.2) is 0 Å². The minimum atomic E-state index is -0.342. The zero-order valence-corrected chi connectivity index (χ0v) is 16.5. The van der Waals surface area contributed by atoms with Crippen LogP contribution in [0.15, 0.2) is 42.5 Å². The maximum atomic E-state index is 12.4. The molecule has 1 aliphatic heterocycles. The largest absolute Gasteiger partial charge is 0.497 e. The van der Waals surface area contributed by atoms with Gasteiger partial charge in [0, 0.05) is 5.56 Å². The van der Waals surface area contributed by atoms with Gasteiger partial charge in [-0.2, -0.15) is 0 Å². The van der Waals surface area contributed by atoms with E-state index in [0.717, 1.165) is 5.56 Å². The molecule has 0 aromatic heterocycles. The third kappa shape index (κ3) is 4.68. The number of carbonyl (C=O) groups excluding carboxylic acids is 1. The summed E-state index contributed by atoms with van der Waals surface area (Å²) in [5.74, 6) is 3.42. The Morgan fingerprint density at radius 2 is 1.77 bits per heavy atom. The molecule has 0 spiro atoms. The Balaban J connectivity index is 1.63. The number of thioether (sulfide) groups is 2. The summed E-state index contributed by atoms with van der Waals surface area (Å²) < 4.78 is 16.5. The molecular formula is C20H22O4S2. The molecular weight excluding hydrogens is 368 g/mol. The zero-order chi connectivity index (χ0) is 18.4. The van der Waals surface area contributed by atoms with Crippen LogP contribution in [0, 0.1) is 0 Å². The standard InChI is InChI=1S/C20H22O4S2/c1-22-17-8-9-18(23-2)16(12-17)13-24-19(21)14-4-6-15(7-5-14)20-25-10-3-11-26-20/h4-9,12,20H,3,10-11,13H2,1-2H3. The van der Waals surface area contributed by atoms with Crippen molar-refractivity contribution in [2.75, 3.05) is 25.7 Å². The third-order valence-electron chi connectivity index (χ3n) is 4.09. The molecule has 0 unspecified atom stereocenters. The Hall–Kier alpha value is -1.79. The molecule has 138 valence electrons. The summed E-state index contributed by atoms with van der Waals surface area (Å²) in [6.07, 6.45) is 1.27. The molecule has 26 heavy (non-hydrogen) atoms. The van der Waals surface area contributed by atoms with Crippen LogP contribution in [0.25, 0.3) is 0 Å². The van der Waals surface area contributed by atoms with Gasteiger partial charge in [-0.25, -0.2) is 4.79 Å². The normalized spacial score (nSPS) is 14.7. The first-order valence-corrected chi connectivity index (χ1v) is 10.5. The van der Waals surface area contributed by atoms with Gasteiger partial charge in [-0.1, -0.05) is 12.1 Å². The van der Waals surface area contributed by atoms with Crippen molar-refractivity contribution in [1.29, 1.82) is 0 Å². The molecule has 0 N–H and O–H groups in total. The van der Waals surface area contributed by atoms with Crippen molar-refractivity contribution < 1.29 is 19.0 Å². The second kappa shape index (κ2) is 9.24. The van der Waals surface area contributed by atoms with Crippen LogP contribution in [0.5, 0.6) is 11.5 Å². The molecule has 1 fully saturated rings. The first kappa shape index (κ1) is 19.0. The van der Waals surface area contributed by atoms with E-state index < -0.39 is 0 Å². The lowest BCUT2D eigenvalue weighted by molar-refractivity contribution is 0.0470. The number of benzene rings is 2. The second-order valence-electron chi connectivity index (χ2n) is 5.80. The highest BCUT2D eigenvalue weighted by molar-refractivity contribution is 8.16. The number of methoxy groups -OCH3 is 2. The average molecular weight is 391 g/mol. The topological polar surface area (TPSA) is 44.8 Å². The fraction of sp³-hybridized carbons (Fsp3) is 0.350. The smallest absolute Gasteiger partial charge is 0.338 e. The number of ether oxygens (including phenoxy) is 3. The van der Waals surface area contributed by atoms with E-state index in [4.69, 9.17) is 14.2 Å². The first-order chi connectivity index (χ1) is 12.7. The van der Waals surface area contributed by atoms with Gasteiger partial charge in [0.1, 0.15) is 18.1 Å². The van der Waals surface area contributed by atoms with Gasteiger partial charge >= 0.3 is 5.97 Å². The number of hydrogen-bond acceptors (Lipinski definition) is 6. The molecule has 1 heterocycles. The van der Waals surface area contributed by atoms with E-state index in [0.29, 0.717) is 21.6 Å². The zero-order valence-electron chi connectivity index (χ0n) is 14.9. The number of carbonyl (C=O) groups is 1. The Morgan fingerprint density at radius 3 is 2.42 bits per heavy atom. The number of hydrogen-bond donors (Lipinski definition) is 0. The Bertz CT molecular complexity index is 740. The average Bonchev–Trinajstić information content (AvgIpc) is 2.72. The first-order valence-electron chi connectivity index (χ1n) is 8.42. The summed E-state index contributed by atoms with van der Waals surface area (Å²) in [6, 6.07) is 13.2. The minimum Gasteiger partial charge on any atom is -0.497 e. The molecule has 6 heteroatoms. The van der Waals surface area contributed by atoms with Crippen molar-refractivity contribution in [2.45, 2.75) is 17.6 Å². The molecule has 0 bridgehead atoms. The molecule has 1 saturated heterocycles. The predicted octanol–water partition coefficient (Wildman–Crippen LogP) is 4.93. The summed E-state index contributed by atoms with van der Waals surface area (Å²) in [5.41, 5.74) is 2.58. The summed E-state index contributed by atoms with van der Waals surface area (Å²) >= 11 is 3.93. The number of esters is 1. The maximum Gasteiger partial charge on any atom is 0.338 e. The van der Waals surface area contributed by atoms with Crippen molar-refractivity contribution in [3.63, 3.8) is 0 Å². The summed E-state index contributed by atoms with van der Waals surface area (Å²) in [7, 11) is 3.19. The van der Waals surface area contributed by atoms with Gasteiger partial charge in [0.05, 0.1) is 24.4 Å². The molecule has 3 rings (SSSR count). The summed E-state index contributed by atoms with van der Waals surface area (Å²) in [5, 5.41) is 0. The monoisotopic (exact) mass is 390 g/mol. The molecule has 2 aromatic carbocycles. The fourth-order valence-corrected chi connectivity index (χ4v) is 5.57. The Morgan fingerprint density at radius 1 is 1.04 bits per heavy atom. The van der Waals surface area contributed by atoms with Crippen LogP contribution in [0.2, 0.25) is 0 Å². The van der Waals surface area contributed by atoms with E-state index >= 15 is 0 Å². The molecule has 4 nitrogen and oxygen atoms in total. The summed E-state index contributed by atoms with van der Waals surface area (Å²) in [4.78, 5) is 12.4. The van der Waals surface area contributed by atoms with E-state index in [1.165, 1.54) is 23.5 Å². The molecule has 0 saturated carbocycles. The van der Waals surface area contributed by atoms with E-state index in [2.05, 4.69) is 0 Å². The van der Waals surface area contributed by atoms with Crippen molar-refractivity contribution in [3.8, 4) is 11.5 Å². The van der Waals surface area contributed by atoms with Gasteiger partial charge in [0.2, 0.25) is 0 Å². The van der Waals surface area contributed by atoms with Gasteiger partial charge < -0.3 is 14.2 Å². The van der Waals surface area contributed by atoms with Crippen LogP contribution in [-0.4, -0.2) is 31.7 Å². The fourth-order valence-electron chi connectivity index (χ4n) is 2.68. The summed E-state index contributed by atoms with van der Waals surface area (Å²) in [6.45, 7) is 0.134. The molecule has 2 aromatic rings. The van der Waals surface area contributed by atoms with E-state index in [9.17, 15) is 4.79 Å². The Kier molecular flexibility index (Phi) is 6.74. The highest BCUT2D eigenvalue weighted by Gasteiger charge is 2.17. The predicted molar refractivity (Wildman–Crippen MR) is 107 cm³/mol. The van der Waals surface area contributed by atoms with Crippen LogP contribution in [0.3, 0.4) is 0 Å². The highest BCUT2D eigenvalue weighted by atomic mass is 32.2. The molecule has 0 atom stereocenters. The van der Waals surface area contributed by atoms with Crippen LogP contribution >= 0.6 is 23.5 Å². The van der Waals surface area contributed by atoms with Gasteiger partial charge in [0.25, 0.3) is 0 Å². The van der Waals surface area contributed by atoms with Crippen molar-refractivity contribution in [2.24, 2.45) is 0 Å². The van der Waals surface area contributed by atoms with E-state index in [1.807, 2.05) is 59.9 Å². The number of rotatable bonds is 6. The molecule has 0 aliphatic carbocycles. The van der Waals surface area contributed by atoms with Gasteiger partial charge in [-0.3, -0.25) is 0 Å². The van der Waals surface area contributed by atoms with Crippen LogP contribution in [0.4, 0.5) is 0 Å². The molecule has 1 aliphatic rings. The molecule has 0 radical (unpaired) electrons. The quantitative estimate of drug-likeness (QED) is 0.652. The maximum absolute atomic E-state index is 12.4. The van der Waals surface area contributed by atoms with E-state index in [1.54, 1.807) is 20.3 Å². The lowest BCUT2D eigenvalue weighted by atomic mass is 10.1. The van der Waals surface area contributed by atoms with Gasteiger partial charge in [-0.15, -0.1) is 23.5 Å². The lowest BCUT2D eigenvalue weighted by Gasteiger charge is -2.21. The van der Waals surface area contributed by atoms with Crippen LogP contribution in [0.1, 0.15) is 32.5 Å². The van der Waals surface area contributed by atoms with Crippen LogP contribution in [-0.2, 0) is 11.3 Å².